The van der Waals surface area contributed by atoms with Crippen LogP contribution in [0.25, 0.3) is 0 Å². The Balaban J connectivity index is 1.78. The van der Waals surface area contributed by atoms with Crippen molar-refractivity contribution < 1.29 is 4.79 Å². The van der Waals surface area contributed by atoms with Crippen molar-refractivity contribution in [2.75, 3.05) is 5.32 Å². The molecular formula is C21H22ClN3O. The normalized spacial score (nSPS) is 11.0. The molecule has 1 heterocycles. The fourth-order valence-corrected chi connectivity index (χ4v) is 3.09. The van der Waals surface area contributed by atoms with Gasteiger partial charge in [-0.15, -0.1) is 0 Å². The molecule has 0 bridgehead atoms. The van der Waals surface area contributed by atoms with E-state index in [2.05, 4.69) is 24.3 Å². The van der Waals surface area contributed by atoms with Crippen LogP contribution >= 0.6 is 11.6 Å². The Bertz CT molecular complexity index is 931. The van der Waals surface area contributed by atoms with Gasteiger partial charge in [0.1, 0.15) is 0 Å². The molecule has 0 aliphatic heterocycles. The lowest BCUT2D eigenvalue weighted by molar-refractivity contribution is 0.102. The van der Waals surface area contributed by atoms with Crippen LogP contribution in [0.2, 0.25) is 5.02 Å². The smallest absolute Gasteiger partial charge is 0.258 e. The molecule has 4 nitrogen and oxygen atoms in total. The summed E-state index contributed by atoms with van der Waals surface area (Å²) < 4.78 is 1.72. The number of nitrogens with zero attached hydrogens (tertiary/aromatic N) is 2. The fourth-order valence-electron chi connectivity index (χ4n) is 2.90. The molecule has 0 aliphatic carbocycles. The Morgan fingerprint density at radius 3 is 2.69 bits per heavy atom. The van der Waals surface area contributed by atoms with Crippen molar-refractivity contribution in [2.45, 2.75) is 33.2 Å². The Morgan fingerprint density at radius 2 is 1.96 bits per heavy atom. The Morgan fingerprint density at radius 1 is 1.19 bits per heavy atom. The van der Waals surface area contributed by atoms with Gasteiger partial charge in [0.15, 0.2) is 0 Å². The van der Waals surface area contributed by atoms with Crippen LogP contribution < -0.4 is 5.32 Å². The van der Waals surface area contributed by atoms with Crippen LogP contribution in [0.3, 0.4) is 0 Å². The Kier molecular flexibility index (Phi) is 5.43. The van der Waals surface area contributed by atoms with Crippen molar-refractivity contribution in [3.05, 3.63) is 82.1 Å². The quantitative estimate of drug-likeness (QED) is 0.667. The summed E-state index contributed by atoms with van der Waals surface area (Å²) in [6, 6.07) is 13.7. The molecule has 0 saturated carbocycles. The summed E-state index contributed by atoms with van der Waals surface area (Å²) in [5.74, 6) is 0.166. The zero-order chi connectivity index (χ0) is 18.7. The number of hydrogen-bond acceptors (Lipinski definition) is 2. The number of benzene rings is 2. The van der Waals surface area contributed by atoms with Gasteiger partial charge in [-0.3, -0.25) is 9.48 Å². The number of hydrogen-bond donors (Lipinski definition) is 1. The van der Waals surface area contributed by atoms with Crippen LogP contribution in [0.15, 0.2) is 54.9 Å². The van der Waals surface area contributed by atoms with Gasteiger partial charge in [-0.1, -0.05) is 61.8 Å². The van der Waals surface area contributed by atoms with Crippen molar-refractivity contribution in [3.63, 3.8) is 0 Å². The third-order valence-electron chi connectivity index (χ3n) is 4.35. The molecule has 0 atom stereocenters. The number of aromatic nitrogens is 2. The lowest BCUT2D eigenvalue weighted by Crippen LogP contribution is -2.14. The predicted octanol–water partition coefficient (Wildman–Crippen LogP) is 5.27. The van der Waals surface area contributed by atoms with Gasteiger partial charge < -0.3 is 5.32 Å². The summed E-state index contributed by atoms with van der Waals surface area (Å²) in [6.45, 7) is 6.76. The third-order valence-corrected chi connectivity index (χ3v) is 4.72. The average Bonchev–Trinajstić information content (AvgIpc) is 3.07. The first kappa shape index (κ1) is 18.2. The van der Waals surface area contributed by atoms with E-state index in [1.807, 2.05) is 49.4 Å². The molecule has 0 unspecified atom stereocenters. The molecule has 0 fully saturated rings. The van der Waals surface area contributed by atoms with E-state index >= 15 is 0 Å². The number of carbonyl (C=O) groups is 1. The van der Waals surface area contributed by atoms with Crippen LogP contribution in [-0.2, 0) is 6.54 Å². The molecule has 0 aliphatic rings. The van der Waals surface area contributed by atoms with Crippen LogP contribution in [0.4, 0.5) is 5.69 Å². The highest BCUT2D eigenvalue weighted by atomic mass is 35.5. The van der Waals surface area contributed by atoms with Gasteiger partial charge in [-0.05, 0) is 35.6 Å². The maximum Gasteiger partial charge on any atom is 0.258 e. The highest BCUT2D eigenvalue weighted by Gasteiger charge is 2.15. The summed E-state index contributed by atoms with van der Waals surface area (Å²) in [7, 11) is 0. The van der Waals surface area contributed by atoms with Gasteiger partial charge in [-0.25, -0.2) is 0 Å². The molecule has 0 saturated heterocycles. The number of rotatable bonds is 5. The van der Waals surface area contributed by atoms with Crippen molar-refractivity contribution in [2.24, 2.45) is 0 Å². The largest absolute Gasteiger partial charge is 0.321 e. The lowest BCUT2D eigenvalue weighted by Gasteiger charge is -2.16. The van der Waals surface area contributed by atoms with E-state index in [4.69, 9.17) is 11.6 Å². The second-order valence-electron chi connectivity index (χ2n) is 6.67. The molecule has 1 N–H and O–H groups in total. The van der Waals surface area contributed by atoms with E-state index in [9.17, 15) is 4.79 Å². The Labute approximate surface area is 158 Å². The van der Waals surface area contributed by atoms with Crippen LogP contribution in [0.1, 0.15) is 46.8 Å². The SMILES string of the molecule is Cc1cccc(C(C)C)c1NC(=O)c1cnn(Cc2ccccc2Cl)c1. The summed E-state index contributed by atoms with van der Waals surface area (Å²) in [5, 5.41) is 8.03. The number of halogens is 1. The van der Waals surface area contributed by atoms with Gasteiger partial charge in [0.05, 0.1) is 18.3 Å². The van der Waals surface area contributed by atoms with E-state index in [-0.39, 0.29) is 5.91 Å². The zero-order valence-electron chi connectivity index (χ0n) is 15.2. The van der Waals surface area contributed by atoms with E-state index < -0.39 is 0 Å². The van der Waals surface area contributed by atoms with E-state index in [0.717, 1.165) is 22.4 Å². The molecular weight excluding hydrogens is 346 g/mol. The van der Waals surface area contributed by atoms with Gasteiger partial charge in [0.25, 0.3) is 5.91 Å². The molecule has 5 heteroatoms. The van der Waals surface area contributed by atoms with Gasteiger partial charge in [0.2, 0.25) is 0 Å². The standard InChI is InChI=1S/C21H22ClN3O/c1-14(2)18-9-6-7-15(3)20(18)24-21(26)17-11-23-25(13-17)12-16-8-4-5-10-19(16)22/h4-11,13-14H,12H2,1-3H3,(H,24,26). The highest BCUT2D eigenvalue weighted by molar-refractivity contribution is 6.31. The second-order valence-corrected chi connectivity index (χ2v) is 7.07. The monoisotopic (exact) mass is 367 g/mol. The number of anilines is 1. The van der Waals surface area contributed by atoms with Crippen molar-refractivity contribution in [3.8, 4) is 0 Å². The van der Waals surface area contributed by atoms with Gasteiger partial charge in [-0.2, -0.15) is 5.10 Å². The number of aryl methyl sites for hydroxylation is 1. The summed E-state index contributed by atoms with van der Waals surface area (Å²) in [6.07, 6.45) is 3.32. The average molecular weight is 368 g/mol. The van der Waals surface area contributed by atoms with Crippen molar-refractivity contribution >= 4 is 23.2 Å². The molecule has 26 heavy (non-hydrogen) atoms. The molecule has 1 amide bonds. The summed E-state index contributed by atoms with van der Waals surface area (Å²) in [5.41, 5.74) is 4.54. The molecule has 0 spiro atoms. The minimum absolute atomic E-state index is 0.161. The fraction of sp³-hybridized carbons (Fsp3) is 0.238. The second kappa shape index (κ2) is 7.75. The first-order valence-corrected chi connectivity index (χ1v) is 9.00. The van der Waals surface area contributed by atoms with Crippen molar-refractivity contribution in [1.29, 1.82) is 0 Å². The number of para-hydroxylation sites is 1. The Hall–Kier alpha value is -2.59. The highest BCUT2D eigenvalue weighted by Crippen LogP contribution is 2.27. The molecule has 2 aromatic carbocycles. The lowest BCUT2D eigenvalue weighted by atomic mass is 9.98. The first-order chi connectivity index (χ1) is 12.5. The first-order valence-electron chi connectivity index (χ1n) is 8.62. The third kappa shape index (κ3) is 3.97. The topological polar surface area (TPSA) is 46.9 Å². The molecule has 3 aromatic rings. The van der Waals surface area contributed by atoms with Gasteiger partial charge in [0, 0.05) is 16.9 Å². The van der Waals surface area contributed by atoms with E-state index in [0.29, 0.717) is 23.0 Å². The number of nitrogens with one attached hydrogen (secondary N) is 1. The molecule has 134 valence electrons. The van der Waals surface area contributed by atoms with Gasteiger partial charge >= 0.3 is 0 Å². The minimum atomic E-state index is -0.161. The molecule has 3 rings (SSSR count). The maximum absolute atomic E-state index is 12.7. The number of amides is 1. The van der Waals surface area contributed by atoms with Crippen LogP contribution in [0, 0.1) is 6.92 Å². The van der Waals surface area contributed by atoms with Crippen LogP contribution in [0.5, 0.6) is 0 Å². The number of carbonyl (C=O) groups excluding carboxylic acids is 1. The summed E-state index contributed by atoms with van der Waals surface area (Å²) >= 11 is 6.19. The maximum atomic E-state index is 12.7. The van der Waals surface area contributed by atoms with E-state index in [1.54, 1.807) is 17.1 Å². The summed E-state index contributed by atoms with van der Waals surface area (Å²) in [4.78, 5) is 12.7. The predicted molar refractivity (Wildman–Crippen MR) is 106 cm³/mol. The van der Waals surface area contributed by atoms with Crippen molar-refractivity contribution in [1.82, 2.24) is 9.78 Å². The zero-order valence-corrected chi connectivity index (χ0v) is 15.9. The van der Waals surface area contributed by atoms with E-state index in [1.165, 1.54) is 0 Å². The molecule has 1 aromatic heterocycles. The minimum Gasteiger partial charge on any atom is -0.321 e. The molecule has 0 radical (unpaired) electrons. The van der Waals surface area contributed by atoms with Crippen LogP contribution in [-0.4, -0.2) is 15.7 Å².